The molecule has 0 heterocycles. The van der Waals surface area contributed by atoms with E-state index in [0.717, 1.165) is 6.07 Å². The zero-order chi connectivity index (χ0) is 10.2. The Kier molecular flexibility index (Phi) is 3.30. The summed E-state index contributed by atoms with van der Waals surface area (Å²) in [7, 11) is 0. The van der Waals surface area contributed by atoms with Crippen molar-refractivity contribution in [2.75, 3.05) is 0 Å². The van der Waals surface area contributed by atoms with Crippen LogP contribution in [0.2, 0.25) is 5.02 Å². The van der Waals surface area contributed by atoms with E-state index in [-0.39, 0.29) is 9.50 Å². The van der Waals surface area contributed by atoms with Gasteiger partial charge in [-0.1, -0.05) is 27.5 Å². The monoisotopic (exact) mass is 336 g/mol. The highest BCUT2D eigenvalue weighted by Crippen LogP contribution is 2.39. The summed E-state index contributed by atoms with van der Waals surface area (Å²) in [5.41, 5.74) is -0.777. The predicted octanol–water partition coefficient (Wildman–Crippen LogP) is 4.88. The van der Waals surface area contributed by atoms with Gasteiger partial charge in [-0.2, -0.15) is 13.2 Å². The van der Waals surface area contributed by atoms with Crippen LogP contribution >= 0.6 is 43.5 Å². The SMILES string of the molecule is FC(F)(F)c1cc(Cl)c(Br)cc1Br. The van der Waals surface area contributed by atoms with Gasteiger partial charge in [-0.25, -0.2) is 0 Å². The smallest absolute Gasteiger partial charge is 0.166 e. The molecule has 0 spiro atoms. The van der Waals surface area contributed by atoms with Crippen LogP contribution in [0.25, 0.3) is 0 Å². The Morgan fingerprint density at radius 3 is 2.08 bits per heavy atom. The van der Waals surface area contributed by atoms with E-state index in [1.165, 1.54) is 6.07 Å². The molecule has 13 heavy (non-hydrogen) atoms. The van der Waals surface area contributed by atoms with Crippen LogP contribution in [0.5, 0.6) is 0 Å². The minimum absolute atomic E-state index is 0.0312. The zero-order valence-electron chi connectivity index (χ0n) is 5.92. The van der Waals surface area contributed by atoms with Crippen molar-refractivity contribution >= 4 is 43.5 Å². The molecule has 72 valence electrons. The molecule has 0 aliphatic rings. The molecular formula is C7H2Br2ClF3. The summed E-state index contributed by atoms with van der Waals surface area (Å²) in [5.74, 6) is 0. The van der Waals surface area contributed by atoms with Crippen molar-refractivity contribution in [3.05, 3.63) is 31.7 Å². The molecule has 0 atom stereocenters. The minimum Gasteiger partial charge on any atom is -0.166 e. The van der Waals surface area contributed by atoms with E-state index in [2.05, 4.69) is 31.9 Å². The quantitative estimate of drug-likeness (QED) is 0.591. The lowest BCUT2D eigenvalue weighted by molar-refractivity contribution is -0.138. The predicted molar refractivity (Wildman–Crippen MR) is 51.9 cm³/mol. The molecule has 1 aromatic carbocycles. The molecule has 0 radical (unpaired) electrons. The number of alkyl halides is 3. The molecular weight excluding hydrogens is 336 g/mol. The molecule has 0 nitrogen and oxygen atoms in total. The van der Waals surface area contributed by atoms with Gasteiger partial charge in [0.25, 0.3) is 0 Å². The Balaban J connectivity index is 3.32. The van der Waals surface area contributed by atoms with Gasteiger partial charge in [0.2, 0.25) is 0 Å². The summed E-state index contributed by atoms with van der Waals surface area (Å²) in [6, 6.07) is 2.14. The highest BCUT2D eigenvalue weighted by Gasteiger charge is 2.33. The normalized spacial score (nSPS) is 11.8. The van der Waals surface area contributed by atoms with Gasteiger partial charge in [0.15, 0.2) is 0 Å². The van der Waals surface area contributed by atoms with Crippen molar-refractivity contribution < 1.29 is 13.2 Å². The van der Waals surface area contributed by atoms with Crippen molar-refractivity contribution in [1.29, 1.82) is 0 Å². The van der Waals surface area contributed by atoms with Crippen molar-refractivity contribution in [2.24, 2.45) is 0 Å². The van der Waals surface area contributed by atoms with Crippen LogP contribution in [0.3, 0.4) is 0 Å². The second-order valence-corrected chi connectivity index (χ2v) is 4.36. The number of rotatable bonds is 0. The lowest BCUT2D eigenvalue weighted by Crippen LogP contribution is -2.05. The van der Waals surface area contributed by atoms with Gasteiger partial charge in [0.1, 0.15) is 0 Å². The summed E-state index contributed by atoms with van der Waals surface area (Å²) in [5, 5.41) is 0.0375. The fraction of sp³-hybridized carbons (Fsp3) is 0.143. The van der Waals surface area contributed by atoms with E-state index in [4.69, 9.17) is 11.6 Å². The third kappa shape index (κ3) is 2.60. The van der Waals surface area contributed by atoms with Gasteiger partial charge in [0, 0.05) is 8.95 Å². The Bertz CT molecular complexity index is 335. The summed E-state index contributed by atoms with van der Waals surface area (Å²) < 4.78 is 37.2. The Morgan fingerprint density at radius 1 is 1.08 bits per heavy atom. The van der Waals surface area contributed by atoms with E-state index in [9.17, 15) is 13.2 Å². The zero-order valence-corrected chi connectivity index (χ0v) is 9.85. The van der Waals surface area contributed by atoms with Crippen molar-refractivity contribution in [1.82, 2.24) is 0 Å². The van der Waals surface area contributed by atoms with E-state index >= 15 is 0 Å². The maximum absolute atomic E-state index is 12.3. The topological polar surface area (TPSA) is 0 Å². The van der Waals surface area contributed by atoms with Crippen LogP contribution in [0.4, 0.5) is 13.2 Å². The third-order valence-electron chi connectivity index (χ3n) is 1.32. The van der Waals surface area contributed by atoms with Crippen LogP contribution < -0.4 is 0 Å². The molecule has 1 rings (SSSR count). The molecule has 0 saturated heterocycles. The van der Waals surface area contributed by atoms with Gasteiger partial charge in [-0.15, -0.1) is 0 Å². The lowest BCUT2D eigenvalue weighted by atomic mass is 10.2. The molecule has 0 amide bonds. The molecule has 0 saturated carbocycles. The maximum Gasteiger partial charge on any atom is 0.417 e. The molecule has 1 aromatic rings. The first-order valence-corrected chi connectivity index (χ1v) is 5.00. The highest BCUT2D eigenvalue weighted by atomic mass is 79.9. The van der Waals surface area contributed by atoms with E-state index in [1.807, 2.05) is 0 Å². The van der Waals surface area contributed by atoms with E-state index in [1.54, 1.807) is 0 Å². The molecule has 6 heteroatoms. The second kappa shape index (κ2) is 3.79. The second-order valence-electron chi connectivity index (χ2n) is 2.24. The number of hydrogen-bond acceptors (Lipinski definition) is 0. The maximum atomic E-state index is 12.3. The first kappa shape index (κ1) is 11.3. The van der Waals surface area contributed by atoms with Crippen LogP contribution in [-0.2, 0) is 6.18 Å². The fourth-order valence-corrected chi connectivity index (χ4v) is 2.12. The fourth-order valence-electron chi connectivity index (χ4n) is 0.740. The first-order chi connectivity index (χ1) is 5.82. The minimum atomic E-state index is -4.39. The average molecular weight is 338 g/mol. The van der Waals surface area contributed by atoms with Crippen molar-refractivity contribution in [2.45, 2.75) is 6.18 Å². The van der Waals surface area contributed by atoms with Gasteiger partial charge in [-0.3, -0.25) is 0 Å². The Morgan fingerprint density at radius 2 is 1.62 bits per heavy atom. The number of hydrogen-bond donors (Lipinski definition) is 0. The van der Waals surface area contributed by atoms with Crippen LogP contribution in [0.15, 0.2) is 21.1 Å². The summed E-state index contributed by atoms with van der Waals surface area (Å²) in [4.78, 5) is 0. The largest absolute Gasteiger partial charge is 0.417 e. The number of halogens is 6. The lowest BCUT2D eigenvalue weighted by Gasteiger charge is -2.09. The summed E-state index contributed by atoms with van der Waals surface area (Å²) in [6.07, 6.45) is -4.39. The molecule has 0 aromatic heterocycles. The molecule has 0 N–H and O–H groups in total. The average Bonchev–Trinajstić information content (AvgIpc) is 1.94. The molecule has 0 aliphatic carbocycles. The Hall–Kier alpha value is 0.260. The molecule has 0 bridgehead atoms. The molecule has 0 unspecified atom stereocenters. The third-order valence-corrected chi connectivity index (χ3v) is 3.17. The molecule has 0 aliphatic heterocycles. The van der Waals surface area contributed by atoms with E-state index < -0.39 is 11.7 Å². The van der Waals surface area contributed by atoms with Gasteiger partial charge < -0.3 is 0 Å². The van der Waals surface area contributed by atoms with E-state index in [0.29, 0.717) is 4.47 Å². The van der Waals surface area contributed by atoms with Crippen LogP contribution in [-0.4, -0.2) is 0 Å². The molecule has 0 fully saturated rings. The Labute approximate surface area is 94.3 Å². The van der Waals surface area contributed by atoms with Crippen LogP contribution in [0.1, 0.15) is 5.56 Å². The van der Waals surface area contributed by atoms with Gasteiger partial charge >= 0.3 is 6.18 Å². The van der Waals surface area contributed by atoms with Crippen LogP contribution in [0, 0.1) is 0 Å². The highest BCUT2D eigenvalue weighted by molar-refractivity contribution is 9.11. The standard InChI is InChI=1S/C7H2Br2ClF3/c8-4-2-5(9)6(10)1-3(4)7(11,12)13/h1-2H. The summed E-state index contributed by atoms with van der Waals surface area (Å²) in [6.45, 7) is 0. The van der Waals surface area contributed by atoms with Gasteiger partial charge in [0.05, 0.1) is 10.6 Å². The van der Waals surface area contributed by atoms with Gasteiger partial charge in [-0.05, 0) is 28.1 Å². The van der Waals surface area contributed by atoms with Crippen molar-refractivity contribution in [3.63, 3.8) is 0 Å². The van der Waals surface area contributed by atoms with Crippen molar-refractivity contribution in [3.8, 4) is 0 Å². The number of benzene rings is 1. The summed E-state index contributed by atoms with van der Waals surface area (Å²) >= 11 is 11.4. The first-order valence-electron chi connectivity index (χ1n) is 3.04.